The van der Waals surface area contributed by atoms with Crippen molar-refractivity contribution in [1.82, 2.24) is 10.6 Å². The molecule has 0 unspecified atom stereocenters. The molecule has 1 aromatic carbocycles. The molecule has 0 aliphatic rings. The number of ether oxygens (including phenoxy) is 2. The smallest absolute Gasteiger partial charge is 0.408 e. The summed E-state index contributed by atoms with van der Waals surface area (Å²) in [5.41, 5.74) is 0.283. The molecular weight excluding hydrogens is 292 g/mol. The Labute approximate surface area is 139 Å². The van der Waals surface area contributed by atoms with Gasteiger partial charge in [0.05, 0.1) is 12.1 Å². The molecule has 1 aromatic rings. The van der Waals surface area contributed by atoms with E-state index in [1.54, 1.807) is 0 Å². The Morgan fingerprint density at radius 2 is 1.70 bits per heavy atom. The quantitative estimate of drug-likeness (QED) is 0.807. The van der Waals surface area contributed by atoms with E-state index in [1.807, 2.05) is 65.8 Å². The minimum Gasteiger partial charge on any atom is -0.494 e. The van der Waals surface area contributed by atoms with Gasteiger partial charge in [0.2, 0.25) is 0 Å². The molecule has 0 spiro atoms. The summed E-state index contributed by atoms with van der Waals surface area (Å²) in [7, 11) is 0. The highest BCUT2D eigenvalue weighted by atomic mass is 16.6. The SMILES string of the molecule is CCOc1ccc(CNCC(C)(C)NC(=O)OC(C)(C)C)cc1. The highest BCUT2D eigenvalue weighted by Gasteiger charge is 2.24. The number of alkyl carbamates (subject to hydrolysis) is 1. The molecule has 0 fully saturated rings. The normalized spacial score (nSPS) is 11.9. The molecule has 2 N–H and O–H groups in total. The Morgan fingerprint density at radius 1 is 1.09 bits per heavy atom. The molecule has 0 bridgehead atoms. The molecule has 0 atom stereocenters. The van der Waals surface area contributed by atoms with Gasteiger partial charge in [0.15, 0.2) is 0 Å². The van der Waals surface area contributed by atoms with Crippen LogP contribution in [0.25, 0.3) is 0 Å². The zero-order chi connectivity index (χ0) is 17.5. The lowest BCUT2D eigenvalue weighted by Gasteiger charge is -2.29. The summed E-state index contributed by atoms with van der Waals surface area (Å²) >= 11 is 0. The van der Waals surface area contributed by atoms with Gasteiger partial charge in [-0.3, -0.25) is 0 Å². The van der Waals surface area contributed by atoms with Gasteiger partial charge in [0, 0.05) is 13.1 Å². The first-order chi connectivity index (χ1) is 10.6. The molecule has 5 nitrogen and oxygen atoms in total. The standard InChI is InChI=1S/C18H30N2O3/c1-7-22-15-10-8-14(9-11-15)12-19-13-18(5,6)20-16(21)23-17(2,3)4/h8-11,19H,7,12-13H2,1-6H3,(H,20,21). The number of benzene rings is 1. The predicted molar refractivity (Wildman–Crippen MR) is 92.8 cm³/mol. The second-order valence-electron chi connectivity index (χ2n) is 7.19. The van der Waals surface area contributed by atoms with Gasteiger partial charge in [-0.25, -0.2) is 4.79 Å². The fraction of sp³-hybridized carbons (Fsp3) is 0.611. The van der Waals surface area contributed by atoms with Crippen LogP contribution in [0.15, 0.2) is 24.3 Å². The first-order valence-corrected chi connectivity index (χ1v) is 8.05. The summed E-state index contributed by atoms with van der Waals surface area (Å²) < 4.78 is 10.7. The van der Waals surface area contributed by atoms with Crippen LogP contribution in [0.3, 0.4) is 0 Å². The van der Waals surface area contributed by atoms with E-state index in [0.29, 0.717) is 13.2 Å². The van der Waals surface area contributed by atoms with Gasteiger partial charge >= 0.3 is 6.09 Å². The van der Waals surface area contributed by atoms with E-state index < -0.39 is 17.2 Å². The van der Waals surface area contributed by atoms with Gasteiger partial charge in [-0.15, -0.1) is 0 Å². The van der Waals surface area contributed by atoms with Gasteiger partial charge < -0.3 is 20.1 Å². The van der Waals surface area contributed by atoms with Gasteiger partial charge in [0.1, 0.15) is 11.4 Å². The Morgan fingerprint density at radius 3 is 2.22 bits per heavy atom. The molecule has 0 aliphatic heterocycles. The Bertz CT molecular complexity index is 490. The third-order valence-electron chi connectivity index (χ3n) is 2.97. The van der Waals surface area contributed by atoms with Crippen LogP contribution in [0.5, 0.6) is 5.75 Å². The third kappa shape index (κ3) is 8.45. The van der Waals surface area contributed by atoms with Crippen molar-refractivity contribution in [3.8, 4) is 5.75 Å². The molecule has 0 saturated heterocycles. The largest absolute Gasteiger partial charge is 0.494 e. The summed E-state index contributed by atoms with van der Waals surface area (Å²) in [5, 5.41) is 6.23. The molecule has 1 rings (SSSR count). The lowest BCUT2D eigenvalue weighted by atomic mass is 10.1. The van der Waals surface area contributed by atoms with E-state index in [1.165, 1.54) is 5.56 Å². The van der Waals surface area contributed by atoms with Crippen LogP contribution in [0.1, 0.15) is 47.1 Å². The van der Waals surface area contributed by atoms with Crippen molar-refractivity contribution in [2.24, 2.45) is 0 Å². The number of hydrogen-bond acceptors (Lipinski definition) is 4. The van der Waals surface area contributed by atoms with E-state index in [4.69, 9.17) is 9.47 Å². The third-order valence-corrected chi connectivity index (χ3v) is 2.97. The number of nitrogens with one attached hydrogen (secondary N) is 2. The van der Waals surface area contributed by atoms with E-state index in [2.05, 4.69) is 10.6 Å². The molecule has 1 amide bonds. The zero-order valence-electron chi connectivity index (χ0n) is 15.2. The lowest BCUT2D eigenvalue weighted by molar-refractivity contribution is 0.0472. The van der Waals surface area contributed by atoms with Crippen LogP contribution in [0.4, 0.5) is 4.79 Å². The van der Waals surface area contributed by atoms with Gasteiger partial charge in [-0.2, -0.15) is 0 Å². The number of carbonyl (C=O) groups excluding carboxylic acids is 1. The average Bonchev–Trinajstić information content (AvgIpc) is 2.37. The fourth-order valence-corrected chi connectivity index (χ4v) is 2.01. The van der Waals surface area contributed by atoms with Crippen molar-refractivity contribution in [3.63, 3.8) is 0 Å². The van der Waals surface area contributed by atoms with Crippen LogP contribution in [-0.2, 0) is 11.3 Å². The minimum atomic E-state index is -0.490. The van der Waals surface area contributed by atoms with Crippen LogP contribution in [0.2, 0.25) is 0 Å². The summed E-state index contributed by atoms with van der Waals surface area (Å²) in [4.78, 5) is 11.8. The van der Waals surface area contributed by atoms with Crippen molar-refractivity contribution >= 4 is 6.09 Å². The maximum absolute atomic E-state index is 11.8. The van der Waals surface area contributed by atoms with Crippen LogP contribution < -0.4 is 15.4 Å². The maximum Gasteiger partial charge on any atom is 0.408 e. The Hall–Kier alpha value is -1.75. The summed E-state index contributed by atoms with van der Waals surface area (Å²) in [6.45, 7) is 13.5. The monoisotopic (exact) mass is 322 g/mol. The number of amides is 1. The first-order valence-electron chi connectivity index (χ1n) is 8.05. The van der Waals surface area contributed by atoms with Gasteiger partial charge in [-0.1, -0.05) is 12.1 Å². The number of carbonyl (C=O) groups is 1. The van der Waals surface area contributed by atoms with Gasteiger partial charge in [-0.05, 0) is 59.2 Å². The molecule has 0 heterocycles. The predicted octanol–water partition coefficient (Wildman–Crippen LogP) is 3.48. The van der Waals surface area contributed by atoms with Crippen molar-refractivity contribution in [2.45, 2.75) is 59.2 Å². The molecule has 0 aromatic heterocycles. The van der Waals surface area contributed by atoms with E-state index in [9.17, 15) is 4.79 Å². The van der Waals surface area contributed by atoms with E-state index in [-0.39, 0.29) is 0 Å². The van der Waals surface area contributed by atoms with Crippen molar-refractivity contribution in [2.75, 3.05) is 13.2 Å². The highest BCUT2D eigenvalue weighted by molar-refractivity contribution is 5.68. The summed E-state index contributed by atoms with van der Waals surface area (Å²) in [6, 6.07) is 7.99. The van der Waals surface area contributed by atoms with Crippen LogP contribution in [-0.4, -0.2) is 30.4 Å². The first kappa shape index (κ1) is 19.3. The summed E-state index contributed by atoms with van der Waals surface area (Å²) in [5.74, 6) is 0.878. The van der Waals surface area contributed by atoms with Crippen molar-refractivity contribution < 1.29 is 14.3 Å². The molecule has 0 aliphatic carbocycles. The molecular formula is C18H30N2O3. The zero-order valence-corrected chi connectivity index (χ0v) is 15.2. The molecule has 130 valence electrons. The molecule has 0 saturated carbocycles. The van der Waals surface area contributed by atoms with Crippen LogP contribution in [0, 0.1) is 0 Å². The van der Waals surface area contributed by atoms with Crippen LogP contribution >= 0.6 is 0 Å². The number of hydrogen-bond donors (Lipinski definition) is 2. The minimum absolute atomic E-state index is 0.395. The second kappa shape index (κ2) is 8.20. The Kier molecular flexibility index (Phi) is 6.88. The topological polar surface area (TPSA) is 59.6 Å². The number of rotatable bonds is 7. The molecule has 5 heteroatoms. The maximum atomic E-state index is 11.8. The molecule has 23 heavy (non-hydrogen) atoms. The second-order valence-corrected chi connectivity index (χ2v) is 7.19. The fourth-order valence-electron chi connectivity index (χ4n) is 2.01. The lowest BCUT2D eigenvalue weighted by Crippen LogP contribution is -2.51. The van der Waals surface area contributed by atoms with Crippen molar-refractivity contribution in [1.29, 1.82) is 0 Å². The van der Waals surface area contributed by atoms with E-state index in [0.717, 1.165) is 12.3 Å². The van der Waals surface area contributed by atoms with Crippen molar-refractivity contribution in [3.05, 3.63) is 29.8 Å². The van der Waals surface area contributed by atoms with Gasteiger partial charge in [0.25, 0.3) is 0 Å². The highest BCUT2D eigenvalue weighted by Crippen LogP contribution is 2.12. The Balaban J connectivity index is 2.39. The average molecular weight is 322 g/mol. The van der Waals surface area contributed by atoms with E-state index >= 15 is 0 Å². The molecule has 0 radical (unpaired) electrons. The summed E-state index contributed by atoms with van der Waals surface area (Å²) in [6.07, 6.45) is -0.398.